The van der Waals surface area contributed by atoms with Gasteiger partial charge in [0.2, 0.25) is 5.43 Å². The summed E-state index contributed by atoms with van der Waals surface area (Å²) in [7, 11) is 3.12. The number of H-pyrrole nitrogens is 1. The van der Waals surface area contributed by atoms with E-state index >= 15 is 0 Å². The van der Waals surface area contributed by atoms with Crippen LogP contribution in [0.25, 0.3) is 16.5 Å². The van der Waals surface area contributed by atoms with Gasteiger partial charge in [0.25, 0.3) is 0 Å². The molecule has 0 spiro atoms. The Labute approximate surface area is 123 Å². The van der Waals surface area contributed by atoms with Gasteiger partial charge in [-0.25, -0.2) is 0 Å². The summed E-state index contributed by atoms with van der Waals surface area (Å²) in [6.07, 6.45) is 7.45. The first-order valence-electron chi connectivity index (χ1n) is 6.73. The zero-order valence-electron chi connectivity index (χ0n) is 12.7. The van der Waals surface area contributed by atoms with E-state index in [1.54, 1.807) is 32.5 Å². The number of allylic oxidation sites excluding steroid dienone is 4. The number of fused-ring (bicyclic) bond motifs is 1. The van der Waals surface area contributed by atoms with E-state index in [4.69, 9.17) is 9.47 Å². The summed E-state index contributed by atoms with van der Waals surface area (Å²) < 4.78 is 10.6. The SMILES string of the molecule is C/C=C\C(=C/C)c1c[nH]c2cc(OC)cc(OC)c2c1=O. The third-order valence-corrected chi connectivity index (χ3v) is 3.34. The molecule has 21 heavy (non-hydrogen) atoms. The summed E-state index contributed by atoms with van der Waals surface area (Å²) in [6, 6.07) is 3.50. The standard InChI is InChI=1S/C17H19NO3/c1-5-7-11(6-2)13-10-18-14-8-12(20-3)9-15(21-4)16(14)17(13)19/h5-10H,1-4H3,(H,18,19)/b7-5-,11-6+. The molecule has 0 aliphatic rings. The van der Waals surface area contributed by atoms with E-state index in [0.717, 1.165) is 5.57 Å². The Morgan fingerprint density at radius 3 is 2.52 bits per heavy atom. The topological polar surface area (TPSA) is 51.3 Å². The van der Waals surface area contributed by atoms with E-state index < -0.39 is 0 Å². The minimum Gasteiger partial charge on any atom is -0.497 e. The smallest absolute Gasteiger partial charge is 0.200 e. The van der Waals surface area contributed by atoms with Gasteiger partial charge in [0, 0.05) is 23.9 Å². The first-order chi connectivity index (χ1) is 10.2. The van der Waals surface area contributed by atoms with Crippen LogP contribution in [0.4, 0.5) is 0 Å². The van der Waals surface area contributed by atoms with Gasteiger partial charge in [-0.15, -0.1) is 0 Å². The number of benzene rings is 1. The Hall–Kier alpha value is -2.49. The lowest BCUT2D eigenvalue weighted by molar-refractivity contribution is 0.397. The Kier molecular flexibility index (Phi) is 4.48. The van der Waals surface area contributed by atoms with Gasteiger partial charge in [0.15, 0.2) is 0 Å². The summed E-state index contributed by atoms with van der Waals surface area (Å²) >= 11 is 0. The molecule has 110 valence electrons. The molecule has 2 rings (SSSR count). The van der Waals surface area contributed by atoms with E-state index in [0.29, 0.717) is 28.0 Å². The van der Waals surface area contributed by atoms with Crippen LogP contribution < -0.4 is 14.9 Å². The molecule has 1 heterocycles. The fourth-order valence-corrected chi connectivity index (χ4v) is 2.30. The minimum atomic E-state index is -0.0607. The highest BCUT2D eigenvalue weighted by molar-refractivity contribution is 5.90. The van der Waals surface area contributed by atoms with Crippen molar-refractivity contribution in [1.29, 1.82) is 0 Å². The number of nitrogens with one attached hydrogen (secondary N) is 1. The summed E-state index contributed by atoms with van der Waals surface area (Å²) in [6.45, 7) is 3.83. The molecule has 1 aromatic carbocycles. The van der Waals surface area contributed by atoms with Gasteiger partial charge in [-0.2, -0.15) is 0 Å². The number of ether oxygens (including phenoxy) is 2. The van der Waals surface area contributed by atoms with Crippen LogP contribution in [0.2, 0.25) is 0 Å². The van der Waals surface area contributed by atoms with Crippen molar-refractivity contribution >= 4 is 16.5 Å². The van der Waals surface area contributed by atoms with Gasteiger partial charge in [0.1, 0.15) is 11.5 Å². The van der Waals surface area contributed by atoms with Gasteiger partial charge in [0.05, 0.1) is 25.1 Å². The molecule has 0 aliphatic heterocycles. The number of rotatable bonds is 4. The summed E-state index contributed by atoms with van der Waals surface area (Å²) in [5, 5.41) is 0.527. The molecule has 2 aromatic rings. The molecule has 0 atom stereocenters. The zero-order valence-corrected chi connectivity index (χ0v) is 12.7. The highest BCUT2D eigenvalue weighted by Gasteiger charge is 2.13. The molecule has 0 unspecified atom stereocenters. The van der Waals surface area contributed by atoms with E-state index in [1.165, 1.54) is 0 Å². The molecule has 0 fully saturated rings. The number of methoxy groups -OCH3 is 2. The number of hydrogen-bond donors (Lipinski definition) is 1. The third-order valence-electron chi connectivity index (χ3n) is 3.34. The Bertz CT molecular complexity index is 769. The fourth-order valence-electron chi connectivity index (χ4n) is 2.30. The van der Waals surface area contributed by atoms with Crippen LogP contribution in [0.5, 0.6) is 11.5 Å². The van der Waals surface area contributed by atoms with E-state index in [-0.39, 0.29) is 5.43 Å². The molecule has 4 nitrogen and oxygen atoms in total. The Balaban J connectivity index is 2.81. The molecule has 0 bridgehead atoms. The van der Waals surface area contributed by atoms with Gasteiger partial charge < -0.3 is 14.5 Å². The minimum absolute atomic E-state index is 0.0607. The van der Waals surface area contributed by atoms with Crippen molar-refractivity contribution in [2.45, 2.75) is 13.8 Å². The number of pyridine rings is 1. The molecular formula is C17H19NO3. The maximum Gasteiger partial charge on any atom is 0.200 e. The first-order valence-corrected chi connectivity index (χ1v) is 6.73. The van der Waals surface area contributed by atoms with Crippen LogP contribution in [-0.2, 0) is 0 Å². The van der Waals surface area contributed by atoms with Gasteiger partial charge in [-0.1, -0.05) is 18.2 Å². The highest BCUT2D eigenvalue weighted by atomic mass is 16.5. The predicted octanol–water partition coefficient (Wildman–Crippen LogP) is 3.52. The lowest BCUT2D eigenvalue weighted by atomic mass is 10.0. The maximum absolute atomic E-state index is 12.8. The van der Waals surface area contributed by atoms with Crippen LogP contribution in [0, 0.1) is 0 Å². The van der Waals surface area contributed by atoms with Crippen molar-refractivity contribution in [2.75, 3.05) is 14.2 Å². The summed E-state index contributed by atoms with van der Waals surface area (Å²) in [5.41, 5.74) is 2.12. The molecule has 0 saturated carbocycles. The van der Waals surface area contributed by atoms with Crippen molar-refractivity contribution in [3.63, 3.8) is 0 Å². The highest BCUT2D eigenvalue weighted by Crippen LogP contribution is 2.28. The average Bonchev–Trinajstić information content (AvgIpc) is 2.52. The van der Waals surface area contributed by atoms with E-state index in [2.05, 4.69) is 4.98 Å². The largest absolute Gasteiger partial charge is 0.497 e. The molecular weight excluding hydrogens is 266 g/mol. The number of aromatic nitrogens is 1. The van der Waals surface area contributed by atoms with E-state index in [1.807, 2.05) is 32.1 Å². The molecule has 1 aromatic heterocycles. The third kappa shape index (κ3) is 2.70. The number of hydrogen-bond acceptors (Lipinski definition) is 3. The van der Waals surface area contributed by atoms with Crippen LogP contribution >= 0.6 is 0 Å². The summed E-state index contributed by atoms with van der Waals surface area (Å²) in [5.74, 6) is 1.14. The Morgan fingerprint density at radius 1 is 1.19 bits per heavy atom. The normalized spacial score (nSPS) is 12.1. The quantitative estimate of drug-likeness (QED) is 0.874. The second-order valence-electron chi connectivity index (χ2n) is 4.53. The van der Waals surface area contributed by atoms with Crippen molar-refractivity contribution in [3.8, 4) is 11.5 Å². The predicted molar refractivity (Wildman–Crippen MR) is 86.1 cm³/mol. The lowest BCUT2D eigenvalue weighted by Crippen LogP contribution is -2.10. The van der Waals surface area contributed by atoms with Crippen LogP contribution in [0.15, 0.2) is 41.4 Å². The van der Waals surface area contributed by atoms with Crippen LogP contribution in [0.3, 0.4) is 0 Å². The maximum atomic E-state index is 12.8. The van der Waals surface area contributed by atoms with Gasteiger partial charge in [-0.3, -0.25) is 4.79 Å². The Morgan fingerprint density at radius 2 is 1.95 bits per heavy atom. The average molecular weight is 285 g/mol. The van der Waals surface area contributed by atoms with Crippen LogP contribution in [0.1, 0.15) is 19.4 Å². The first kappa shape index (κ1) is 14.9. The monoisotopic (exact) mass is 285 g/mol. The lowest BCUT2D eigenvalue weighted by Gasteiger charge is -2.10. The number of aromatic amines is 1. The molecule has 0 amide bonds. The summed E-state index contributed by atoms with van der Waals surface area (Å²) in [4.78, 5) is 15.9. The second kappa shape index (κ2) is 6.31. The van der Waals surface area contributed by atoms with E-state index in [9.17, 15) is 4.79 Å². The fraction of sp³-hybridized carbons (Fsp3) is 0.235. The molecule has 0 radical (unpaired) electrons. The van der Waals surface area contributed by atoms with Crippen molar-refractivity contribution in [1.82, 2.24) is 4.98 Å². The van der Waals surface area contributed by atoms with Crippen molar-refractivity contribution < 1.29 is 9.47 Å². The van der Waals surface area contributed by atoms with Crippen molar-refractivity contribution in [3.05, 3.63) is 52.3 Å². The van der Waals surface area contributed by atoms with Gasteiger partial charge in [-0.05, 0) is 19.4 Å². The second-order valence-corrected chi connectivity index (χ2v) is 4.53. The molecule has 0 aliphatic carbocycles. The molecule has 0 saturated heterocycles. The van der Waals surface area contributed by atoms with Gasteiger partial charge >= 0.3 is 0 Å². The van der Waals surface area contributed by atoms with Crippen LogP contribution in [-0.4, -0.2) is 19.2 Å². The molecule has 1 N–H and O–H groups in total. The van der Waals surface area contributed by atoms with Crippen molar-refractivity contribution in [2.24, 2.45) is 0 Å². The zero-order chi connectivity index (χ0) is 15.4. The molecule has 4 heteroatoms.